The van der Waals surface area contributed by atoms with Crippen LogP contribution in [0.3, 0.4) is 0 Å². The number of hydrogen-bond acceptors (Lipinski definition) is 0. The van der Waals surface area contributed by atoms with Gasteiger partial charge in [0.15, 0.2) is 0 Å². The monoisotopic (exact) mass is 380 g/mol. The van der Waals surface area contributed by atoms with E-state index in [-0.39, 0.29) is 0 Å². The van der Waals surface area contributed by atoms with Crippen molar-refractivity contribution in [3.05, 3.63) is 91.0 Å². The molecule has 0 spiro atoms. The summed E-state index contributed by atoms with van der Waals surface area (Å²) in [5, 5.41) is 10.5. The van der Waals surface area contributed by atoms with Gasteiger partial charge >= 0.3 is 0 Å². The lowest BCUT2D eigenvalue weighted by molar-refractivity contribution is 1.37. The Balaban J connectivity index is 1.82. The van der Waals surface area contributed by atoms with Crippen LogP contribution in [0.25, 0.3) is 70.7 Å². The number of aromatic nitrogens is 2. The van der Waals surface area contributed by atoms with E-state index in [1.807, 2.05) is 0 Å². The van der Waals surface area contributed by atoms with Crippen molar-refractivity contribution in [3.63, 3.8) is 0 Å². The second kappa shape index (κ2) is 4.92. The highest BCUT2D eigenvalue weighted by Crippen LogP contribution is 2.45. The van der Waals surface area contributed by atoms with Gasteiger partial charge in [0.1, 0.15) is 0 Å². The molecule has 0 amide bonds. The van der Waals surface area contributed by atoms with Gasteiger partial charge in [-0.3, -0.25) is 0 Å². The Kier molecular flexibility index (Phi) is 2.44. The molecule has 2 heteroatoms. The van der Waals surface area contributed by atoms with Crippen molar-refractivity contribution in [3.8, 4) is 0 Å². The fourth-order valence-electron chi connectivity index (χ4n) is 5.64. The molecule has 0 radical (unpaired) electrons. The summed E-state index contributed by atoms with van der Waals surface area (Å²) < 4.78 is 2.46. The van der Waals surface area contributed by atoms with Crippen LogP contribution in [-0.2, 0) is 0 Å². The molecule has 8 aromatic rings. The molecule has 0 saturated carbocycles. The van der Waals surface area contributed by atoms with Gasteiger partial charge in [0.05, 0.1) is 22.1 Å². The Morgan fingerprint density at radius 1 is 0.533 bits per heavy atom. The van der Waals surface area contributed by atoms with Gasteiger partial charge < -0.3 is 9.38 Å². The molecule has 3 heterocycles. The molecule has 5 aromatic carbocycles. The molecular weight excluding hydrogens is 364 g/mol. The third kappa shape index (κ3) is 1.56. The van der Waals surface area contributed by atoms with Crippen LogP contribution in [0.1, 0.15) is 0 Å². The van der Waals surface area contributed by atoms with Crippen LogP contribution in [0, 0.1) is 0 Å². The van der Waals surface area contributed by atoms with Gasteiger partial charge in [-0.05, 0) is 35.0 Å². The molecular formula is C28H16N2. The summed E-state index contributed by atoms with van der Waals surface area (Å²) in [5.41, 5.74) is 6.31. The molecule has 0 aliphatic rings. The summed E-state index contributed by atoms with van der Waals surface area (Å²) >= 11 is 0. The van der Waals surface area contributed by atoms with E-state index < -0.39 is 0 Å². The van der Waals surface area contributed by atoms with Gasteiger partial charge in [0, 0.05) is 37.8 Å². The summed E-state index contributed by atoms with van der Waals surface area (Å²) in [7, 11) is 0. The topological polar surface area (TPSA) is 20.2 Å². The number of hydrogen-bond donors (Lipinski definition) is 1. The summed E-state index contributed by atoms with van der Waals surface area (Å²) in [6.45, 7) is 0. The van der Waals surface area contributed by atoms with Crippen LogP contribution in [0.5, 0.6) is 0 Å². The zero-order valence-electron chi connectivity index (χ0n) is 16.1. The quantitative estimate of drug-likeness (QED) is 0.279. The minimum atomic E-state index is 1.20. The van der Waals surface area contributed by atoms with E-state index in [9.17, 15) is 0 Å². The van der Waals surface area contributed by atoms with Crippen molar-refractivity contribution in [2.45, 2.75) is 0 Å². The molecule has 0 aliphatic carbocycles. The summed E-state index contributed by atoms with van der Waals surface area (Å²) in [6.07, 6.45) is 0. The maximum Gasteiger partial charge on any atom is 0.0642 e. The number of nitrogens with one attached hydrogen (secondary N) is 1. The summed E-state index contributed by atoms with van der Waals surface area (Å²) in [5.74, 6) is 0. The first-order chi connectivity index (χ1) is 14.9. The highest BCUT2D eigenvalue weighted by atomic mass is 14.9. The van der Waals surface area contributed by atoms with Crippen molar-refractivity contribution in [1.82, 2.24) is 9.38 Å². The predicted molar refractivity (Wildman–Crippen MR) is 128 cm³/mol. The van der Waals surface area contributed by atoms with E-state index in [1.165, 1.54) is 70.7 Å². The van der Waals surface area contributed by atoms with E-state index >= 15 is 0 Å². The number of fused-ring (bicyclic) bond motifs is 12. The SMILES string of the molecule is c1ccc2c(c1)ccc1c2c2cc3c4ccccc4[nH]c3c3c4ccccc4n1c23. The molecule has 1 N–H and O–H groups in total. The molecule has 0 unspecified atom stereocenters. The lowest BCUT2D eigenvalue weighted by Crippen LogP contribution is -1.80. The summed E-state index contributed by atoms with van der Waals surface area (Å²) in [6, 6.07) is 33.1. The largest absolute Gasteiger partial charge is 0.354 e. The molecule has 0 bridgehead atoms. The first-order valence-electron chi connectivity index (χ1n) is 10.4. The van der Waals surface area contributed by atoms with Crippen LogP contribution in [0.2, 0.25) is 0 Å². The van der Waals surface area contributed by atoms with Gasteiger partial charge in [0.25, 0.3) is 0 Å². The van der Waals surface area contributed by atoms with Crippen LogP contribution < -0.4 is 0 Å². The van der Waals surface area contributed by atoms with Gasteiger partial charge in [-0.2, -0.15) is 0 Å². The second-order valence-electron chi connectivity index (χ2n) is 8.27. The van der Waals surface area contributed by atoms with Crippen molar-refractivity contribution in [2.75, 3.05) is 0 Å². The van der Waals surface area contributed by atoms with E-state index in [2.05, 4.69) is 100 Å². The minimum absolute atomic E-state index is 1.20. The number of aromatic amines is 1. The Hall–Kier alpha value is -4.04. The average Bonchev–Trinajstić information content (AvgIpc) is 3.44. The molecule has 0 fully saturated rings. The Morgan fingerprint density at radius 3 is 2.23 bits per heavy atom. The minimum Gasteiger partial charge on any atom is -0.354 e. The fraction of sp³-hybridized carbons (Fsp3) is 0. The van der Waals surface area contributed by atoms with E-state index in [4.69, 9.17) is 0 Å². The normalized spacial score (nSPS) is 12.7. The number of nitrogens with zero attached hydrogens (tertiary/aromatic N) is 1. The van der Waals surface area contributed by atoms with Crippen molar-refractivity contribution < 1.29 is 0 Å². The van der Waals surface area contributed by atoms with Crippen molar-refractivity contribution >= 4 is 70.7 Å². The van der Waals surface area contributed by atoms with E-state index in [0.29, 0.717) is 0 Å². The predicted octanol–water partition coefficient (Wildman–Crippen LogP) is 7.62. The average molecular weight is 380 g/mol. The summed E-state index contributed by atoms with van der Waals surface area (Å²) in [4.78, 5) is 3.73. The number of para-hydroxylation sites is 2. The van der Waals surface area contributed by atoms with Gasteiger partial charge in [-0.25, -0.2) is 0 Å². The maximum atomic E-state index is 3.73. The molecule has 0 aliphatic heterocycles. The molecule has 8 rings (SSSR count). The Morgan fingerprint density at radius 2 is 1.30 bits per heavy atom. The van der Waals surface area contributed by atoms with Crippen LogP contribution in [0.4, 0.5) is 0 Å². The molecule has 138 valence electrons. The Labute approximate surface area is 171 Å². The standard InChI is InChI=1S/C28H16N2/c1-2-8-17-16(7-1)13-14-24-25(17)21-15-20-18-9-3-5-11-22(18)29-27(20)26-19-10-4-6-12-23(19)30(24)28(21)26/h1-15,29H. The third-order valence-electron chi connectivity index (χ3n) is 6.83. The number of rotatable bonds is 0. The number of benzene rings is 5. The molecule has 0 atom stereocenters. The van der Waals surface area contributed by atoms with E-state index in [1.54, 1.807) is 0 Å². The molecule has 30 heavy (non-hydrogen) atoms. The molecule has 0 saturated heterocycles. The zero-order valence-corrected chi connectivity index (χ0v) is 16.1. The second-order valence-corrected chi connectivity index (χ2v) is 8.27. The van der Waals surface area contributed by atoms with Crippen LogP contribution in [0.15, 0.2) is 91.0 Å². The molecule has 3 aromatic heterocycles. The lowest BCUT2D eigenvalue weighted by Gasteiger charge is -2.03. The van der Waals surface area contributed by atoms with Crippen molar-refractivity contribution in [1.29, 1.82) is 0 Å². The van der Waals surface area contributed by atoms with Crippen LogP contribution >= 0.6 is 0 Å². The highest BCUT2D eigenvalue weighted by Gasteiger charge is 2.22. The Bertz CT molecular complexity index is 1950. The van der Waals surface area contributed by atoms with Gasteiger partial charge in [-0.1, -0.05) is 66.7 Å². The van der Waals surface area contributed by atoms with Crippen molar-refractivity contribution in [2.24, 2.45) is 0 Å². The maximum absolute atomic E-state index is 3.73. The first kappa shape index (κ1) is 14.9. The van der Waals surface area contributed by atoms with Crippen LogP contribution in [-0.4, -0.2) is 9.38 Å². The first-order valence-corrected chi connectivity index (χ1v) is 10.4. The van der Waals surface area contributed by atoms with Gasteiger partial charge in [-0.15, -0.1) is 0 Å². The molecule has 2 nitrogen and oxygen atoms in total. The van der Waals surface area contributed by atoms with E-state index in [0.717, 1.165) is 0 Å². The zero-order chi connectivity index (χ0) is 19.4. The smallest absolute Gasteiger partial charge is 0.0642 e. The van der Waals surface area contributed by atoms with Gasteiger partial charge in [0.2, 0.25) is 0 Å². The lowest BCUT2D eigenvalue weighted by atomic mass is 10.00. The fourth-order valence-corrected chi connectivity index (χ4v) is 5.64. The third-order valence-corrected chi connectivity index (χ3v) is 6.83. The highest BCUT2D eigenvalue weighted by molar-refractivity contribution is 6.36. The number of H-pyrrole nitrogens is 1.